The summed E-state index contributed by atoms with van der Waals surface area (Å²) in [7, 11) is 0. The van der Waals surface area contributed by atoms with E-state index in [0.717, 1.165) is 5.82 Å². The second kappa shape index (κ2) is 9.37. The number of piperazine rings is 1. The van der Waals surface area contributed by atoms with E-state index in [-0.39, 0.29) is 11.8 Å². The van der Waals surface area contributed by atoms with E-state index in [4.69, 9.17) is 23.2 Å². The number of carbonyl (C=O) groups excluding carboxylic acids is 2. The fourth-order valence-corrected chi connectivity index (χ4v) is 3.75. The van der Waals surface area contributed by atoms with Gasteiger partial charge >= 0.3 is 0 Å². The Morgan fingerprint density at radius 1 is 0.871 bits per heavy atom. The number of carbonyl (C=O) groups is 2. The zero-order chi connectivity index (χ0) is 21.8. The van der Waals surface area contributed by atoms with Crippen molar-refractivity contribution in [2.45, 2.75) is 0 Å². The fourth-order valence-electron chi connectivity index (χ4n) is 3.40. The van der Waals surface area contributed by atoms with E-state index >= 15 is 0 Å². The number of pyridine rings is 1. The Labute approximate surface area is 190 Å². The van der Waals surface area contributed by atoms with Crippen molar-refractivity contribution in [1.82, 2.24) is 9.88 Å². The molecular weight excluding hydrogens is 435 g/mol. The number of nitrogens with zero attached hydrogens (tertiary/aromatic N) is 3. The van der Waals surface area contributed by atoms with E-state index in [1.165, 1.54) is 0 Å². The highest BCUT2D eigenvalue weighted by Crippen LogP contribution is 2.20. The Morgan fingerprint density at radius 3 is 2.23 bits per heavy atom. The Morgan fingerprint density at radius 2 is 1.58 bits per heavy atom. The fraction of sp³-hybridized carbons (Fsp3) is 0.174. The highest BCUT2D eigenvalue weighted by atomic mass is 35.5. The average molecular weight is 455 g/mol. The SMILES string of the molecule is O=C(Nc1ccc(N2CCN(C(=O)c3ccc(Cl)cc3)CC2)nc1)c1ccccc1Cl. The Hall–Kier alpha value is -3.09. The summed E-state index contributed by atoms with van der Waals surface area (Å²) in [6.45, 7) is 2.57. The van der Waals surface area contributed by atoms with Gasteiger partial charge in [0.1, 0.15) is 5.82 Å². The van der Waals surface area contributed by atoms with E-state index in [2.05, 4.69) is 15.2 Å². The molecule has 1 aliphatic rings. The highest BCUT2D eigenvalue weighted by molar-refractivity contribution is 6.34. The Balaban J connectivity index is 1.34. The summed E-state index contributed by atoms with van der Waals surface area (Å²) in [5.41, 5.74) is 1.63. The molecule has 4 rings (SSSR count). The van der Waals surface area contributed by atoms with Crippen molar-refractivity contribution in [3.05, 3.63) is 88.0 Å². The number of anilines is 2. The first-order valence-corrected chi connectivity index (χ1v) is 10.6. The first kappa shape index (κ1) is 21.2. The van der Waals surface area contributed by atoms with Crippen molar-refractivity contribution in [3.8, 4) is 0 Å². The van der Waals surface area contributed by atoms with Crippen LogP contribution in [0, 0.1) is 0 Å². The molecule has 1 aliphatic heterocycles. The van der Waals surface area contributed by atoms with Gasteiger partial charge in [0.15, 0.2) is 0 Å². The molecule has 1 saturated heterocycles. The molecular formula is C23H20Cl2N4O2. The van der Waals surface area contributed by atoms with Gasteiger partial charge in [0, 0.05) is 36.8 Å². The monoisotopic (exact) mass is 454 g/mol. The number of nitrogens with one attached hydrogen (secondary N) is 1. The molecule has 31 heavy (non-hydrogen) atoms. The van der Waals surface area contributed by atoms with Crippen LogP contribution in [-0.4, -0.2) is 47.9 Å². The number of rotatable bonds is 4. The summed E-state index contributed by atoms with van der Waals surface area (Å²) < 4.78 is 0. The molecule has 2 aromatic carbocycles. The minimum Gasteiger partial charge on any atom is -0.353 e. The van der Waals surface area contributed by atoms with Crippen LogP contribution >= 0.6 is 23.2 Å². The van der Waals surface area contributed by atoms with Crippen molar-refractivity contribution in [3.63, 3.8) is 0 Å². The molecule has 1 aromatic heterocycles. The molecule has 0 aliphatic carbocycles. The van der Waals surface area contributed by atoms with Crippen molar-refractivity contribution in [2.24, 2.45) is 0 Å². The molecule has 0 unspecified atom stereocenters. The van der Waals surface area contributed by atoms with Gasteiger partial charge in [-0.3, -0.25) is 9.59 Å². The van der Waals surface area contributed by atoms with Crippen LogP contribution < -0.4 is 10.2 Å². The molecule has 1 fully saturated rings. The lowest BCUT2D eigenvalue weighted by molar-refractivity contribution is 0.0746. The van der Waals surface area contributed by atoms with E-state index < -0.39 is 0 Å². The van der Waals surface area contributed by atoms with Crippen LogP contribution in [0.2, 0.25) is 10.0 Å². The van der Waals surface area contributed by atoms with E-state index in [1.54, 1.807) is 54.7 Å². The van der Waals surface area contributed by atoms with E-state index in [1.807, 2.05) is 17.0 Å². The normalized spacial score (nSPS) is 13.7. The van der Waals surface area contributed by atoms with Gasteiger partial charge in [-0.25, -0.2) is 4.98 Å². The highest BCUT2D eigenvalue weighted by Gasteiger charge is 2.23. The lowest BCUT2D eigenvalue weighted by atomic mass is 10.2. The van der Waals surface area contributed by atoms with Crippen molar-refractivity contribution in [1.29, 1.82) is 0 Å². The van der Waals surface area contributed by atoms with Gasteiger partial charge in [-0.15, -0.1) is 0 Å². The zero-order valence-electron chi connectivity index (χ0n) is 16.6. The quantitative estimate of drug-likeness (QED) is 0.625. The van der Waals surface area contributed by atoms with E-state index in [0.29, 0.717) is 53.0 Å². The Kier molecular flexibility index (Phi) is 6.39. The summed E-state index contributed by atoms with van der Waals surface area (Å²) in [5.74, 6) is 0.519. The number of halogens is 2. The summed E-state index contributed by atoms with van der Waals surface area (Å²) in [6.07, 6.45) is 1.62. The number of amides is 2. The zero-order valence-corrected chi connectivity index (χ0v) is 18.1. The van der Waals surface area contributed by atoms with Crippen LogP contribution in [0.1, 0.15) is 20.7 Å². The van der Waals surface area contributed by atoms with Gasteiger partial charge < -0.3 is 15.1 Å². The lowest BCUT2D eigenvalue weighted by Crippen LogP contribution is -2.49. The minimum atomic E-state index is -0.283. The third-order valence-electron chi connectivity index (χ3n) is 5.11. The van der Waals surface area contributed by atoms with Crippen LogP contribution in [0.5, 0.6) is 0 Å². The molecule has 2 heterocycles. The summed E-state index contributed by atoms with van der Waals surface area (Å²) in [4.78, 5) is 33.4. The number of hydrogen-bond acceptors (Lipinski definition) is 4. The van der Waals surface area contributed by atoms with Gasteiger partial charge in [-0.05, 0) is 48.5 Å². The maximum Gasteiger partial charge on any atom is 0.257 e. The van der Waals surface area contributed by atoms with Gasteiger partial charge in [-0.2, -0.15) is 0 Å². The van der Waals surface area contributed by atoms with Crippen LogP contribution in [0.4, 0.5) is 11.5 Å². The molecule has 1 N–H and O–H groups in total. The molecule has 0 radical (unpaired) electrons. The molecule has 8 heteroatoms. The second-order valence-electron chi connectivity index (χ2n) is 7.13. The number of hydrogen-bond donors (Lipinski definition) is 1. The standard InChI is InChI=1S/C23H20Cl2N4O2/c24-17-7-5-16(6-8-17)23(31)29-13-11-28(12-14-29)21-10-9-18(15-26-21)27-22(30)19-3-1-2-4-20(19)25/h1-10,15H,11-14H2,(H,27,30). The molecule has 6 nitrogen and oxygen atoms in total. The summed E-state index contributed by atoms with van der Waals surface area (Å²) >= 11 is 12.0. The second-order valence-corrected chi connectivity index (χ2v) is 7.97. The molecule has 3 aromatic rings. The first-order chi connectivity index (χ1) is 15.0. The Bertz CT molecular complexity index is 1080. The van der Waals surface area contributed by atoms with Crippen LogP contribution in [0.3, 0.4) is 0 Å². The third kappa shape index (κ3) is 4.98. The maximum absolute atomic E-state index is 12.6. The molecule has 0 spiro atoms. The van der Waals surface area contributed by atoms with Crippen LogP contribution in [-0.2, 0) is 0 Å². The van der Waals surface area contributed by atoms with Crippen molar-refractivity contribution >= 4 is 46.5 Å². The molecule has 0 saturated carbocycles. The third-order valence-corrected chi connectivity index (χ3v) is 5.69. The maximum atomic E-state index is 12.6. The average Bonchev–Trinajstić information content (AvgIpc) is 2.80. The van der Waals surface area contributed by atoms with Gasteiger partial charge in [0.25, 0.3) is 11.8 Å². The molecule has 2 amide bonds. The topological polar surface area (TPSA) is 65.5 Å². The van der Waals surface area contributed by atoms with Crippen LogP contribution in [0.15, 0.2) is 66.9 Å². The number of aromatic nitrogens is 1. The summed E-state index contributed by atoms with van der Waals surface area (Å²) in [6, 6.07) is 17.5. The van der Waals surface area contributed by atoms with Gasteiger partial charge in [0.2, 0.25) is 0 Å². The lowest BCUT2D eigenvalue weighted by Gasteiger charge is -2.35. The molecule has 0 bridgehead atoms. The first-order valence-electron chi connectivity index (χ1n) is 9.83. The van der Waals surface area contributed by atoms with Crippen molar-refractivity contribution in [2.75, 3.05) is 36.4 Å². The van der Waals surface area contributed by atoms with Crippen molar-refractivity contribution < 1.29 is 9.59 Å². The number of benzene rings is 2. The predicted molar refractivity (Wildman–Crippen MR) is 123 cm³/mol. The smallest absolute Gasteiger partial charge is 0.257 e. The summed E-state index contributed by atoms with van der Waals surface area (Å²) in [5, 5.41) is 3.82. The van der Waals surface area contributed by atoms with Gasteiger partial charge in [0.05, 0.1) is 22.5 Å². The predicted octanol–water partition coefficient (Wildman–Crippen LogP) is 4.60. The minimum absolute atomic E-state index is 0.00177. The molecule has 158 valence electrons. The largest absolute Gasteiger partial charge is 0.353 e. The molecule has 0 atom stereocenters. The van der Waals surface area contributed by atoms with Gasteiger partial charge in [-0.1, -0.05) is 35.3 Å². The van der Waals surface area contributed by atoms with E-state index in [9.17, 15) is 9.59 Å². The van der Waals surface area contributed by atoms with Crippen LogP contribution in [0.25, 0.3) is 0 Å².